The van der Waals surface area contributed by atoms with Gasteiger partial charge in [0.15, 0.2) is 0 Å². The standard InChI is InChI=1S/C13H8BrClO2/c14-13(16)11-6-1-2-7-12(11)17-10-5-3-4-9(15)8-10/h1-8H. The second kappa shape index (κ2) is 5.34. The molecule has 0 amide bonds. The van der Waals surface area contributed by atoms with E-state index < -0.39 is 0 Å². The van der Waals surface area contributed by atoms with Gasteiger partial charge in [-0.15, -0.1) is 0 Å². The topological polar surface area (TPSA) is 26.3 Å². The van der Waals surface area contributed by atoms with Gasteiger partial charge >= 0.3 is 0 Å². The van der Waals surface area contributed by atoms with Crippen molar-refractivity contribution in [3.05, 3.63) is 59.1 Å². The molecule has 2 rings (SSSR count). The second-order valence-electron chi connectivity index (χ2n) is 3.33. The van der Waals surface area contributed by atoms with Crippen molar-refractivity contribution in [2.24, 2.45) is 0 Å². The molecule has 0 unspecified atom stereocenters. The molecule has 2 nitrogen and oxygen atoms in total. The predicted molar refractivity (Wildman–Crippen MR) is 71.2 cm³/mol. The molecule has 0 N–H and O–H groups in total. The van der Waals surface area contributed by atoms with E-state index in [1.165, 1.54) is 0 Å². The van der Waals surface area contributed by atoms with Crippen LogP contribution in [0.3, 0.4) is 0 Å². The molecule has 0 heterocycles. The van der Waals surface area contributed by atoms with E-state index in [-0.39, 0.29) is 4.69 Å². The molecule has 0 atom stereocenters. The third-order valence-electron chi connectivity index (χ3n) is 2.12. The highest BCUT2D eigenvalue weighted by molar-refractivity contribution is 9.18. The molecule has 0 aliphatic heterocycles. The van der Waals surface area contributed by atoms with E-state index in [1.54, 1.807) is 48.5 Å². The van der Waals surface area contributed by atoms with Crippen molar-refractivity contribution in [3.8, 4) is 11.5 Å². The molecule has 0 radical (unpaired) electrons. The van der Waals surface area contributed by atoms with Gasteiger partial charge in [0, 0.05) is 5.02 Å². The summed E-state index contributed by atoms with van der Waals surface area (Å²) in [5.74, 6) is 1.09. The number of rotatable bonds is 3. The first-order valence-electron chi connectivity index (χ1n) is 4.89. The Morgan fingerprint density at radius 3 is 2.59 bits per heavy atom. The van der Waals surface area contributed by atoms with E-state index in [4.69, 9.17) is 16.3 Å². The highest BCUT2D eigenvalue weighted by Gasteiger charge is 2.09. The molecule has 0 spiro atoms. The maximum Gasteiger partial charge on any atom is 0.231 e. The molecule has 0 bridgehead atoms. The molecule has 0 saturated heterocycles. The van der Waals surface area contributed by atoms with Gasteiger partial charge in [0.05, 0.1) is 5.56 Å². The summed E-state index contributed by atoms with van der Waals surface area (Å²) in [6.07, 6.45) is 0. The number of carbonyl (C=O) groups is 1. The van der Waals surface area contributed by atoms with Crippen molar-refractivity contribution in [2.45, 2.75) is 0 Å². The first kappa shape index (κ1) is 12.1. The fourth-order valence-corrected chi connectivity index (χ4v) is 1.88. The molecule has 86 valence electrons. The second-order valence-corrected chi connectivity index (χ2v) is 4.49. The van der Waals surface area contributed by atoms with E-state index in [0.717, 1.165) is 0 Å². The van der Waals surface area contributed by atoms with Crippen LogP contribution in [0.5, 0.6) is 11.5 Å². The average Bonchev–Trinajstić information content (AvgIpc) is 2.29. The van der Waals surface area contributed by atoms with Crippen LogP contribution in [0.1, 0.15) is 10.4 Å². The van der Waals surface area contributed by atoms with Crippen LogP contribution in [-0.2, 0) is 0 Å². The summed E-state index contributed by atoms with van der Waals surface area (Å²) in [4.78, 5) is 11.3. The van der Waals surface area contributed by atoms with Crippen molar-refractivity contribution < 1.29 is 9.53 Å². The molecule has 0 fully saturated rings. The van der Waals surface area contributed by atoms with E-state index in [1.807, 2.05) is 0 Å². The quantitative estimate of drug-likeness (QED) is 0.770. The van der Waals surface area contributed by atoms with Crippen LogP contribution >= 0.6 is 27.5 Å². The van der Waals surface area contributed by atoms with Gasteiger partial charge in [0.2, 0.25) is 4.69 Å². The lowest BCUT2D eigenvalue weighted by Gasteiger charge is -2.08. The molecule has 0 aliphatic carbocycles. The summed E-state index contributed by atoms with van der Waals surface area (Å²) < 4.78 is 5.40. The first-order valence-corrected chi connectivity index (χ1v) is 6.06. The molecular weight excluding hydrogens is 303 g/mol. The summed E-state index contributed by atoms with van der Waals surface area (Å²) in [6, 6.07) is 14.0. The van der Waals surface area contributed by atoms with Crippen molar-refractivity contribution in [1.29, 1.82) is 0 Å². The summed E-state index contributed by atoms with van der Waals surface area (Å²) in [5.41, 5.74) is 0.479. The van der Waals surface area contributed by atoms with Gasteiger partial charge in [-0.05, 0) is 46.3 Å². The van der Waals surface area contributed by atoms with Gasteiger partial charge in [-0.2, -0.15) is 0 Å². The fourth-order valence-electron chi connectivity index (χ4n) is 1.38. The molecule has 2 aromatic rings. The first-order chi connectivity index (χ1) is 8.16. The Kier molecular flexibility index (Phi) is 3.82. The number of para-hydroxylation sites is 1. The van der Waals surface area contributed by atoms with Gasteiger partial charge in [-0.1, -0.05) is 29.8 Å². The number of benzene rings is 2. The van der Waals surface area contributed by atoms with Gasteiger partial charge in [0.25, 0.3) is 0 Å². The maximum atomic E-state index is 11.3. The Morgan fingerprint density at radius 2 is 1.88 bits per heavy atom. The van der Waals surface area contributed by atoms with Crippen LogP contribution in [0.15, 0.2) is 48.5 Å². The van der Waals surface area contributed by atoms with Crippen LogP contribution in [0.2, 0.25) is 5.02 Å². The Hall–Kier alpha value is -1.32. The Bertz CT molecular complexity index is 555. The van der Waals surface area contributed by atoms with Gasteiger partial charge in [0.1, 0.15) is 11.5 Å². The largest absolute Gasteiger partial charge is 0.457 e. The van der Waals surface area contributed by atoms with Crippen molar-refractivity contribution in [3.63, 3.8) is 0 Å². The molecule has 0 aliphatic rings. The van der Waals surface area contributed by atoms with Crippen LogP contribution in [0.4, 0.5) is 0 Å². The number of ether oxygens (including phenoxy) is 1. The average molecular weight is 312 g/mol. The minimum atomic E-state index is -0.213. The lowest BCUT2D eigenvalue weighted by molar-refractivity contribution is 0.109. The lowest BCUT2D eigenvalue weighted by Crippen LogP contribution is -1.93. The van der Waals surface area contributed by atoms with E-state index in [9.17, 15) is 4.79 Å². The smallest absolute Gasteiger partial charge is 0.231 e. The summed E-state index contributed by atoms with van der Waals surface area (Å²) in [6.45, 7) is 0. The van der Waals surface area contributed by atoms with Crippen molar-refractivity contribution >= 4 is 32.2 Å². The Balaban J connectivity index is 2.33. The van der Waals surface area contributed by atoms with Crippen LogP contribution in [0, 0.1) is 0 Å². The zero-order valence-corrected chi connectivity index (χ0v) is 11.0. The Morgan fingerprint density at radius 1 is 1.12 bits per heavy atom. The third-order valence-corrected chi connectivity index (χ3v) is 2.78. The number of halogens is 2. The lowest BCUT2D eigenvalue weighted by atomic mass is 10.2. The SMILES string of the molecule is O=C(Br)c1ccccc1Oc1cccc(Cl)c1. The highest BCUT2D eigenvalue weighted by atomic mass is 79.9. The minimum absolute atomic E-state index is 0.213. The normalized spacial score (nSPS) is 10.0. The van der Waals surface area contributed by atoms with Crippen molar-refractivity contribution in [1.82, 2.24) is 0 Å². The summed E-state index contributed by atoms with van der Waals surface area (Å²) in [5, 5.41) is 0.588. The number of hydrogen-bond donors (Lipinski definition) is 0. The van der Waals surface area contributed by atoms with Gasteiger partial charge in [-0.25, -0.2) is 0 Å². The third kappa shape index (κ3) is 3.08. The van der Waals surface area contributed by atoms with E-state index in [0.29, 0.717) is 22.1 Å². The van der Waals surface area contributed by atoms with E-state index >= 15 is 0 Å². The van der Waals surface area contributed by atoms with Gasteiger partial charge in [-0.3, -0.25) is 4.79 Å². The van der Waals surface area contributed by atoms with E-state index in [2.05, 4.69) is 15.9 Å². The van der Waals surface area contributed by atoms with Gasteiger partial charge < -0.3 is 4.74 Å². The predicted octanol–water partition coefficient (Wildman–Crippen LogP) is 4.67. The zero-order valence-electron chi connectivity index (χ0n) is 8.69. The summed E-state index contributed by atoms with van der Waals surface area (Å²) >= 11 is 8.77. The maximum absolute atomic E-state index is 11.3. The molecule has 0 saturated carbocycles. The molecule has 0 aromatic heterocycles. The zero-order chi connectivity index (χ0) is 12.3. The Labute approximate surface area is 112 Å². The van der Waals surface area contributed by atoms with Crippen LogP contribution < -0.4 is 4.74 Å². The molecule has 2 aromatic carbocycles. The fraction of sp³-hybridized carbons (Fsp3) is 0. The molecule has 4 heteroatoms. The monoisotopic (exact) mass is 310 g/mol. The van der Waals surface area contributed by atoms with Crippen molar-refractivity contribution in [2.75, 3.05) is 0 Å². The van der Waals surface area contributed by atoms with Crippen LogP contribution in [0.25, 0.3) is 0 Å². The molecular formula is C13H8BrClO2. The molecule has 17 heavy (non-hydrogen) atoms. The minimum Gasteiger partial charge on any atom is -0.457 e. The summed E-state index contributed by atoms with van der Waals surface area (Å²) in [7, 11) is 0. The number of hydrogen-bond acceptors (Lipinski definition) is 2. The van der Waals surface area contributed by atoms with Crippen LogP contribution in [-0.4, -0.2) is 4.69 Å². The highest BCUT2D eigenvalue weighted by Crippen LogP contribution is 2.28. The number of carbonyl (C=O) groups excluding carboxylic acids is 1.